The Labute approximate surface area is 132 Å². The van der Waals surface area contributed by atoms with Crippen LogP contribution in [-0.4, -0.2) is 17.4 Å². The number of halogens is 5. The van der Waals surface area contributed by atoms with Gasteiger partial charge in [-0.25, -0.2) is 4.79 Å². The SMILES string of the molecule is O=C(O)c1cc(OC(F)(F)F)cc(-c2ccc(Cl)cc2Cl)c1. The van der Waals surface area contributed by atoms with Crippen molar-refractivity contribution in [1.82, 2.24) is 0 Å². The van der Waals surface area contributed by atoms with E-state index >= 15 is 0 Å². The number of hydrogen-bond donors (Lipinski definition) is 1. The number of carbonyl (C=O) groups is 1. The highest BCUT2D eigenvalue weighted by atomic mass is 35.5. The Kier molecular flexibility index (Phi) is 4.53. The zero-order chi connectivity index (χ0) is 16.5. The molecule has 0 fully saturated rings. The van der Waals surface area contributed by atoms with Crippen molar-refractivity contribution in [1.29, 1.82) is 0 Å². The number of carboxylic acid groups (broad SMARTS) is 1. The van der Waals surface area contributed by atoms with Crippen LogP contribution in [0.3, 0.4) is 0 Å². The molecule has 0 saturated carbocycles. The molecule has 0 unspecified atom stereocenters. The van der Waals surface area contributed by atoms with Crippen molar-refractivity contribution in [3.63, 3.8) is 0 Å². The molecule has 0 saturated heterocycles. The van der Waals surface area contributed by atoms with Crippen LogP contribution in [0.1, 0.15) is 10.4 Å². The van der Waals surface area contributed by atoms with Crippen molar-refractivity contribution in [3.8, 4) is 16.9 Å². The second-order valence-corrected chi connectivity index (χ2v) is 5.07. The standard InChI is InChI=1S/C14H7Cl2F3O3/c15-9-1-2-11(12(16)6-9)7-3-8(13(20)21)5-10(4-7)22-14(17,18)19/h1-6H,(H,20,21). The van der Waals surface area contributed by atoms with Gasteiger partial charge in [-0.2, -0.15) is 0 Å². The summed E-state index contributed by atoms with van der Waals surface area (Å²) in [6.45, 7) is 0. The van der Waals surface area contributed by atoms with Crippen molar-refractivity contribution in [2.24, 2.45) is 0 Å². The van der Waals surface area contributed by atoms with Crippen LogP contribution in [0.25, 0.3) is 11.1 Å². The van der Waals surface area contributed by atoms with Crippen LogP contribution in [-0.2, 0) is 0 Å². The fourth-order valence-electron chi connectivity index (χ4n) is 1.79. The van der Waals surface area contributed by atoms with Gasteiger partial charge < -0.3 is 9.84 Å². The molecule has 1 N–H and O–H groups in total. The zero-order valence-electron chi connectivity index (χ0n) is 10.6. The number of aromatic carboxylic acids is 1. The number of alkyl halides is 3. The van der Waals surface area contributed by atoms with Gasteiger partial charge in [-0.15, -0.1) is 13.2 Å². The molecular formula is C14H7Cl2F3O3. The Morgan fingerprint density at radius 1 is 1.09 bits per heavy atom. The van der Waals surface area contributed by atoms with E-state index in [0.717, 1.165) is 12.1 Å². The van der Waals surface area contributed by atoms with Crippen molar-refractivity contribution >= 4 is 29.2 Å². The number of carboxylic acids is 1. The molecule has 0 amide bonds. The van der Waals surface area contributed by atoms with Gasteiger partial charge in [0.2, 0.25) is 0 Å². The third kappa shape index (κ3) is 4.05. The first-order chi connectivity index (χ1) is 10.2. The maximum Gasteiger partial charge on any atom is 0.573 e. The Morgan fingerprint density at radius 3 is 2.32 bits per heavy atom. The second-order valence-electron chi connectivity index (χ2n) is 4.22. The monoisotopic (exact) mass is 350 g/mol. The fraction of sp³-hybridized carbons (Fsp3) is 0.0714. The molecule has 116 valence electrons. The Hall–Kier alpha value is -1.92. The zero-order valence-corrected chi connectivity index (χ0v) is 12.1. The van der Waals surface area contributed by atoms with E-state index in [2.05, 4.69) is 4.74 Å². The van der Waals surface area contributed by atoms with Crippen molar-refractivity contribution in [3.05, 3.63) is 52.0 Å². The largest absolute Gasteiger partial charge is 0.573 e. The lowest BCUT2D eigenvalue weighted by Gasteiger charge is -2.12. The lowest BCUT2D eigenvalue weighted by Crippen LogP contribution is -2.17. The van der Waals surface area contributed by atoms with Crippen LogP contribution < -0.4 is 4.74 Å². The minimum absolute atomic E-state index is 0.167. The maximum absolute atomic E-state index is 12.3. The Morgan fingerprint density at radius 2 is 1.77 bits per heavy atom. The molecule has 0 radical (unpaired) electrons. The number of rotatable bonds is 3. The van der Waals surface area contributed by atoms with Crippen molar-refractivity contribution < 1.29 is 27.8 Å². The summed E-state index contributed by atoms with van der Waals surface area (Å²) in [5.41, 5.74) is 0.143. The Bertz CT molecular complexity index is 730. The summed E-state index contributed by atoms with van der Waals surface area (Å²) in [5, 5.41) is 9.52. The van der Waals surface area contributed by atoms with Crippen LogP contribution in [0.2, 0.25) is 10.0 Å². The summed E-state index contributed by atoms with van der Waals surface area (Å²) < 4.78 is 40.8. The smallest absolute Gasteiger partial charge is 0.478 e. The van der Waals surface area contributed by atoms with E-state index in [1.807, 2.05) is 0 Å². The van der Waals surface area contributed by atoms with Crippen LogP contribution in [0.4, 0.5) is 13.2 Å². The molecule has 0 bridgehead atoms. The minimum Gasteiger partial charge on any atom is -0.478 e. The normalized spacial score (nSPS) is 11.3. The highest BCUT2D eigenvalue weighted by Crippen LogP contribution is 2.34. The minimum atomic E-state index is -4.93. The maximum atomic E-state index is 12.3. The molecule has 3 nitrogen and oxygen atoms in total. The number of ether oxygens (including phenoxy) is 1. The molecule has 0 spiro atoms. The molecule has 22 heavy (non-hydrogen) atoms. The molecule has 2 aromatic carbocycles. The second kappa shape index (κ2) is 6.06. The van der Waals surface area contributed by atoms with E-state index in [4.69, 9.17) is 28.3 Å². The van der Waals surface area contributed by atoms with E-state index in [9.17, 15) is 18.0 Å². The topological polar surface area (TPSA) is 46.5 Å². The van der Waals surface area contributed by atoms with Gasteiger partial charge in [0.25, 0.3) is 0 Å². The Balaban J connectivity index is 2.57. The molecule has 0 aliphatic carbocycles. The van der Waals surface area contributed by atoms with E-state index in [-0.39, 0.29) is 16.1 Å². The average Bonchev–Trinajstić information content (AvgIpc) is 2.36. The lowest BCUT2D eigenvalue weighted by molar-refractivity contribution is -0.274. The predicted octanol–water partition coefficient (Wildman–Crippen LogP) is 5.26. The van der Waals surface area contributed by atoms with E-state index in [1.165, 1.54) is 24.3 Å². The molecule has 0 aromatic heterocycles. The summed E-state index contributed by atoms with van der Waals surface area (Å²) >= 11 is 11.7. The van der Waals surface area contributed by atoms with Crippen molar-refractivity contribution in [2.75, 3.05) is 0 Å². The summed E-state index contributed by atoms with van der Waals surface area (Å²) in [7, 11) is 0. The molecule has 0 aliphatic heterocycles. The van der Waals surface area contributed by atoms with Gasteiger partial charge in [-0.3, -0.25) is 0 Å². The van der Waals surface area contributed by atoms with Crippen LogP contribution in [0.5, 0.6) is 5.75 Å². The molecule has 0 heterocycles. The van der Waals surface area contributed by atoms with Gasteiger partial charge in [0, 0.05) is 15.6 Å². The van der Waals surface area contributed by atoms with Gasteiger partial charge in [0.1, 0.15) is 5.75 Å². The first-order valence-corrected chi connectivity index (χ1v) is 6.51. The molecule has 0 atom stereocenters. The number of benzene rings is 2. The summed E-state index contributed by atoms with van der Waals surface area (Å²) in [6.07, 6.45) is -4.93. The van der Waals surface area contributed by atoms with Gasteiger partial charge in [-0.05, 0) is 35.9 Å². The molecule has 8 heteroatoms. The molecule has 0 aliphatic rings. The van der Waals surface area contributed by atoms with E-state index in [1.54, 1.807) is 0 Å². The van der Waals surface area contributed by atoms with E-state index in [0.29, 0.717) is 10.6 Å². The third-order valence-corrected chi connectivity index (χ3v) is 3.18. The van der Waals surface area contributed by atoms with Crippen LogP contribution >= 0.6 is 23.2 Å². The van der Waals surface area contributed by atoms with Gasteiger partial charge in [0.05, 0.1) is 5.56 Å². The third-order valence-electron chi connectivity index (χ3n) is 2.63. The summed E-state index contributed by atoms with van der Waals surface area (Å²) in [4.78, 5) is 11.1. The summed E-state index contributed by atoms with van der Waals surface area (Å²) in [5.74, 6) is -2.03. The van der Waals surface area contributed by atoms with Gasteiger partial charge in [-0.1, -0.05) is 29.3 Å². The predicted molar refractivity (Wildman–Crippen MR) is 75.5 cm³/mol. The first kappa shape index (κ1) is 16.5. The fourth-order valence-corrected chi connectivity index (χ4v) is 2.31. The van der Waals surface area contributed by atoms with Gasteiger partial charge in [0.15, 0.2) is 0 Å². The quantitative estimate of drug-likeness (QED) is 0.821. The highest BCUT2D eigenvalue weighted by Gasteiger charge is 2.31. The van der Waals surface area contributed by atoms with E-state index < -0.39 is 18.1 Å². The molecular weight excluding hydrogens is 344 g/mol. The first-order valence-electron chi connectivity index (χ1n) is 5.75. The summed E-state index contributed by atoms with van der Waals surface area (Å²) in [6, 6.07) is 7.39. The van der Waals surface area contributed by atoms with Crippen LogP contribution in [0, 0.1) is 0 Å². The molecule has 2 rings (SSSR count). The van der Waals surface area contributed by atoms with Gasteiger partial charge >= 0.3 is 12.3 Å². The highest BCUT2D eigenvalue weighted by molar-refractivity contribution is 6.36. The lowest BCUT2D eigenvalue weighted by atomic mass is 10.0. The number of hydrogen-bond acceptors (Lipinski definition) is 2. The van der Waals surface area contributed by atoms with Crippen molar-refractivity contribution in [2.45, 2.75) is 6.36 Å². The van der Waals surface area contributed by atoms with Crippen LogP contribution in [0.15, 0.2) is 36.4 Å². The molecule has 2 aromatic rings. The average molecular weight is 351 g/mol.